The molecular weight excluding hydrogens is 242 g/mol. The highest BCUT2D eigenvalue weighted by molar-refractivity contribution is 5.85. The number of piperidine rings is 1. The van der Waals surface area contributed by atoms with Crippen LogP contribution >= 0.6 is 0 Å². The van der Waals surface area contributed by atoms with Gasteiger partial charge < -0.3 is 10.0 Å². The SMILES string of the molecule is O=C(O)C1CCCC1C(=O)N1CCCC2CCCC21. The number of hydrogen-bond donors (Lipinski definition) is 1. The zero-order valence-corrected chi connectivity index (χ0v) is 11.4. The van der Waals surface area contributed by atoms with Crippen molar-refractivity contribution in [3.05, 3.63) is 0 Å². The second kappa shape index (κ2) is 5.14. The first-order valence-electron chi connectivity index (χ1n) is 7.72. The molecule has 0 aromatic heterocycles. The second-order valence-corrected chi connectivity index (χ2v) is 6.41. The van der Waals surface area contributed by atoms with Gasteiger partial charge in [-0.3, -0.25) is 9.59 Å². The first-order valence-corrected chi connectivity index (χ1v) is 7.72. The lowest BCUT2D eigenvalue weighted by molar-refractivity contribution is -0.151. The molecule has 3 fully saturated rings. The molecular formula is C15H23NO3. The summed E-state index contributed by atoms with van der Waals surface area (Å²) in [6.45, 7) is 0.850. The van der Waals surface area contributed by atoms with Crippen molar-refractivity contribution >= 4 is 11.9 Å². The van der Waals surface area contributed by atoms with E-state index in [0.29, 0.717) is 18.4 Å². The Balaban J connectivity index is 1.74. The first-order chi connectivity index (χ1) is 9.18. The largest absolute Gasteiger partial charge is 0.481 e. The monoisotopic (exact) mass is 265 g/mol. The average Bonchev–Trinajstić information content (AvgIpc) is 3.05. The number of nitrogens with zero attached hydrogens (tertiary/aromatic N) is 1. The number of carboxylic acids is 1. The number of carboxylic acid groups (broad SMARTS) is 1. The van der Waals surface area contributed by atoms with Gasteiger partial charge in [0.15, 0.2) is 0 Å². The smallest absolute Gasteiger partial charge is 0.307 e. The van der Waals surface area contributed by atoms with E-state index in [-0.39, 0.29) is 11.8 Å². The van der Waals surface area contributed by atoms with E-state index >= 15 is 0 Å². The molecule has 4 atom stereocenters. The lowest BCUT2D eigenvalue weighted by Gasteiger charge is -2.39. The normalized spacial score (nSPS) is 38.2. The molecule has 3 aliphatic rings. The molecule has 1 saturated heterocycles. The van der Waals surface area contributed by atoms with Gasteiger partial charge in [0.1, 0.15) is 0 Å². The average molecular weight is 265 g/mol. The van der Waals surface area contributed by atoms with E-state index in [4.69, 9.17) is 0 Å². The van der Waals surface area contributed by atoms with Gasteiger partial charge in [0, 0.05) is 12.6 Å². The summed E-state index contributed by atoms with van der Waals surface area (Å²) in [6.07, 6.45) is 8.28. The van der Waals surface area contributed by atoms with Crippen LogP contribution in [0.4, 0.5) is 0 Å². The third-order valence-corrected chi connectivity index (χ3v) is 5.43. The number of likely N-dealkylation sites (tertiary alicyclic amines) is 1. The fourth-order valence-corrected chi connectivity index (χ4v) is 4.49. The van der Waals surface area contributed by atoms with Crippen LogP contribution in [0.3, 0.4) is 0 Å². The molecule has 1 amide bonds. The van der Waals surface area contributed by atoms with Gasteiger partial charge in [-0.1, -0.05) is 12.8 Å². The molecule has 0 aromatic rings. The topological polar surface area (TPSA) is 57.6 Å². The lowest BCUT2D eigenvalue weighted by atomic mass is 9.88. The molecule has 3 rings (SSSR count). The van der Waals surface area contributed by atoms with Gasteiger partial charge in [-0.15, -0.1) is 0 Å². The van der Waals surface area contributed by atoms with Crippen LogP contribution in [0, 0.1) is 17.8 Å². The summed E-state index contributed by atoms with van der Waals surface area (Å²) >= 11 is 0. The van der Waals surface area contributed by atoms with Gasteiger partial charge in [0.25, 0.3) is 0 Å². The molecule has 1 heterocycles. The van der Waals surface area contributed by atoms with Crippen LogP contribution in [0.25, 0.3) is 0 Å². The molecule has 2 saturated carbocycles. The van der Waals surface area contributed by atoms with Crippen LogP contribution in [-0.4, -0.2) is 34.5 Å². The summed E-state index contributed by atoms with van der Waals surface area (Å²) in [7, 11) is 0. The van der Waals surface area contributed by atoms with Crippen molar-refractivity contribution in [1.29, 1.82) is 0 Å². The predicted octanol–water partition coefficient (Wildman–Crippen LogP) is 2.28. The molecule has 1 N–H and O–H groups in total. The van der Waals surface area contributed by atoms with E-state index in [0.717, 1.165) is 32.2 Å². The van der Waals surface area contributed by atoms with Gasteiger partial charge in [0.2, 0.25) is 5.91 Å². The Bertz CT molecular complexity index is 382. The fourth-order valence-electron chi connectivity index (χ4n) is 4.49. The second-order valence-electron chi connectivity index (χ2n) is 6.41. The van der Waals surface area contributed by atoms with Crippen molar-refractivity contribution in [3.8, 4) is 0 Å². The van der Waals surface area contributed by atoms with Gasteiger partial charge in [-0.25, -0.2) is 0 Å². The minimum absolute atomic E-state index is 0.140. The first kappa shape index (κ1) is 12.9. The molecule has 4 heteroatoms. The van der Waals surface area contributed by atoms with Crippen LogP contribution in [0.1, 0.15) is 51.4 Å². The summed E-state index contributed by atoms with van der Waals surface area (Å²) in [4.78, 5) is 26.0. The molecule has 4 unspecified atom stereocenters. The van der Waals surface area contributed by atoms with E-state index in [1.54, 1.807) is 0 Å². The number of hydrogen-bond acceptors (Lipinski definition) is 2. The van der Waals surface area contributed by atoms with Gasteiger partial charge in [0.05, 0.1) is 11.8 Å². The van der Waals surface area contributed by atoms with Gasteiger partial charge in [-0.2, -0.15) is 0 Å². The van der Waals surface area contributed by atoms with Crippen LogP contribution in [0.15, 0.2) is 0 Å². The van der Waals surface area contributed by atoms with Crippen molar-refractivity contribution < 1.29 is 14.7 Å². The Morgan fingerprint density at radius 3 is 2.37 bits per heavy atom. The maximum atomic E-state index is 12.7. The molecule has 4 nitrogen and oxygen atoms in total. The zero-order valence-electron chi connectivity index (χ0n) is 11.4. The molecule has 1 aliphatic heterocycles. The Kier molecular flexibility index (Phi) is 3.50. The minimum atomic E-state index is -0.782. The molecule has 2 aliphatic carbocycles. The van der Waals surface area contributed by atoms with Crippen LogP contribution in [-0.2, 0) is 9.59 Å². The van der Waals surface area contributed by atoms with Gasteiger partial charge >= 0.3 is 5.97 Å². The van der Waals surface area contributed by atoms with Crippen molar-refractivity contribution in [2.75, 3.05) is 6.54 Å². The maximum absolute atomic E-state index is 12.7. The van der Waals surface area contributed by atoms with Crippen molar-refractivity contribution in [2.24, 2.45) is 17.8 Å². The van der Waals surface area contributed by atoms with Crippen molar-refractivity contribution in [1.82, 2.24) is 4.90 Å². The zero-order chi connectivity index (χ0) is 13.4. The van der Waals surface area contributed by atoms with E-state index in [1.165, 1.54) is 19.3 Å². The maximum Gasteiger partial charge on any atom is 0.307 e. The Morgan fingerprint density at radius 1 is 0.895 bits per heavy atom. The minimum Gasteiger partial charge on any atom is -0.481 e. The number of aliphatic carboxylic acids is 1. The number of carbonyl (C=O) groups excluding carboxylic acids is 1. The molecule has 19 heavy (non-hydrogen) atoms. The lowest BCUT2D eigenvalue weighted by Crippen LogP contribution is -2.49. The summed E-state index contributed by atoms with van der Waals surface area (Å²) < 4.78 is 0. The molecule has 106 valence electrons. The third kappa shape index (κ3) is 2.26. The highest BCUT2D eigenvalue weighted by Gasteiger charge is 2.44. The number of rotatable bonds is 2. The van der Waals surface area contributed by atoms with E-state index in [2.05, 4.69) is 0 Å². The Labute approximate surface area is 114 Å². The number of carbonyl (C=O) groups is 2. The van der Waals surface area contributed by atoms with Crippen molar-refractivity contribution in [3.63, 3.8) is 0 Å². The summed E-state index contributed by atoms with van der Waals surface area (Å²) in [5, 5.41) is 9.25. The van der Waals surface area contributed by atoms with E-state index in [1.807, 2.05) is 4.90 Å². The molecule has 0 aromatic carbocycles. The molecule has 0 spiro atoms. The number of fused-ring (bicyclic) bond motifs is 1. The van der Waals surface area contributed by atoms with E-state index in [9.17, 15) is 14.7 Å². The molecule has 0 bridgehead atoms. The standard InChI is InChI=1S/C15H23NO3/c17-14(11-6-2-7-12(11)15(18)19)16-9-3-5-10-4-1-8-13(10)16/h10-13H,1-9H2,(H,18,19). The van der Waals surface area contributed by atoms with Gasteiger partial charge in [-0.05, 0) is 44.4 Å². The summed E-state index contributed by atoms with van der Waals surface area (Å²) in [5.41, 5.74) is 0. The summed E-state index contributed by atoms with van der Waals surface area (Å²) in [6, 6.07) is 0.413. The van der Waals surface area contributed by atoms with Crippen LogP contribution in [0.2, 0.25) is 0 Å². The Hall–Kier alpha value is -1.06. The van der Waals surface area contributed by atoms with E-state index < -0.39 is 11.9 Å². The highest BCUT2D eigenvalue weighted by atomic mass is 16.4. The Morgan fingerprint density at radius 2 is 1.58 bits per heavy atom. The fraction of sp³-hybridized carbons (Fsp3) is 0.867. The number of amides is 1. The third-order valence-electron chi connectivity index (χ3n) is 5.43. The quantitative estimate of drug-likeness (QED) is 0.833. The predicted molar refractivity (Wildman–Crippen MR) is 70.5 cm³/mol. The highest BCUT2D eigenvalue weighted by Crippen LogP contribution is 2.40. The van der Waals surface area contributed by atoms with Crippen LogP contribution in [0.5, 0.6) is 0 Å². The summed E-state index contributed by atoms with van der Waals surface area (Å²) in [5.74, 6) is -0.647. The van der Waals surface area contributed by atoms with Crippen LogP contribution < -0.4 is 0 Å². The molecule has 0 radical (unpaired) electrons. The van der Waals surface area contributed by atoms with Crippen molar-refractivity contribution in [2.45, 2.75) is 57.4 Å².